The number of rotatable bonds is 4. The summed E-state index contributed by atoms with van der Waals surface area (Å²) in [5, 5.41) is 27.3. The Morgan fingerprint density at radius 2 is 2.04 bits per heavy atom. The van der Waals surface area contributed by atoms with Crippen LogP contribution in [-0.4, -0.2) is 44.8 Å². The van der Waals surface area contributed by atoms with Crippen LogP contribution in [0.5, 0.6) is 5.75 Å². The van der Waals surface area contributed by atoms with Crippen LogP contribution in [0.2, 0.25) is 5.02 Å². The molecule has 2 heterocycles. The number of aromatic hydroxyl groups is 1. The van der Waals surface area contributed by atoms with E-state index in [0.29, 0.717) is 46.8 Å². The zero-order valence-corrected chi connectivity index (χ0v) is 15.0. The van der Waals surface area contributed by atoms with Crippen molar-refractivity contribution in [1.29, 1.82) is 0 Å². The van der Waals surface area contributed by atoms with Crippen molar-refractivity contribution in [3.05, 3.63) is 47.5 Å². The van der Waals surface area contributed by atoms with Gasteiger partial charge >= 0.3 is 5.97 Å². The fraction of sp³-hybridized carbons (Fsp3) is 0.211. The molecule has 1 atom stereocenters. The predicted octanol–water partition coefficient (Wildman–Crippen LogP) is 2.88. The Bertz CT molecular complexity index is 1030. The molecule has 8 heteroatoms. The van der Waals surface area contributed by atoms with Gasteiger partial charge in [-0.25, -0.2) is 14.8 Å². The molecule has 0 amide bonds. The van der Waals surface area contributed by atoms with Crippen LogP contribution in [-0.2, 0) is 4.79 Å². The predicted molar refractivity (Wildman–Crippen MR) is 103 cm³/mol. The number of phenols is 1. The molecule has 0 saturated carbocycles. The lowest BCUT2D eigenvalue weighted by molar-refractivity contribution is -0.141. The molecule has 1 saturated heterocycles. The number of carbonyl (C=O) groups is 1. The van der Waals surface area contributed by atoms with Gasteiger partial charge in [0.2, 0.25) is 0 Å². The fourth-order valence-corrected chi connectivity index (χ4v) is 3.41. The number of phenolic OH excluding ortho intramolecular Hbond substituents is 1. The van der Waals surface area contributed by atoms with E-state index in [-0.39, 0.29) is 11.6 Å². The van der Waals surface area contributed by atoms with Crippen molar-refractivity contribution in [2.45, 2.75) is 12.0 Å². The van der Waals surface area contributed by atoms with Crippen LogP contribution in [0.3, 0.4) is 0 Å². The highest BCUT2D eigenvalue weighted by Gasteiger charge is 2.42. The molecular weight excluding hydrogens is 368 g/mol. The Labute approximate surface area is 160 Å². The number of carboxylic acids is 1. The van der Waals surface area contributed by atoms with E-state index in [2.05, 4.69) is 20.6 Å². The van der Waals surface area contributed by atoms with E-state index in [9.17, 15) is 15.0 Å². The molecule has 0 aliphatic carbocycles. The summed E-state index contributed by atoms with van der Waals surface area (Å²) >= 11 is 6.06. The van der Waals surface area contributed by atoms with Gasteiger partial charge in [-0.3, -0.25) is 0 Å². The van der Waals surface area contributed by atoms with E-state index >= 15 is 0 Å². The Hall–Kier alpha value is -2.90. The molecule has 2 aromatic carbocycles. The molecule has 3 aromatic rings. The molecule has 7 nitrogen and oxygen atoms in total. The van der Waals surface area contributed by atoms with Gasteiger partial charge in [-0.2, -0.15) is 0 Å². The van der Waals surface area contributed by atoms with Gasteiger partial charge in [0.05, 0.1) is 11.1 Å². The molecule has 4 rings (SSSR count). The van der Waals surface area contributed by atoms with Gasteiger partial charge in [0.15, 0.2) is 11.4 Å². The van der Waals surface area contributed by atoms with Gasteiger partial charge in [0.1, 0.15) is 11.6 Å². The molecule has 0 bridgehead atoms. The Balaban J connectivity index is 1.89. The highest BCUT2D eigenvalue weighted by Crippen LogP contribution is 2.33. The Morgan fingerprint density at radius 1 is 1.22 bits per heavy atom. The number of fused-ring (bicyclic) bond motifs is 1. The van der Waals surface area contributed by atoms with Gasteiger partial charge in [-0.15, -0.1) is 0 Å². The number of hydrogen-bond acceptors (Lipinski definition) is 6. The largest absolute Gasteiger partial charge is 0.507 e. The third-order valence-electron chi connectivity index (χ3n) is 4.73. The molecule has 1 aliphatic heterocycles. The second kappa shape index (κ2) is 6.68. The number of benzene rings is 2. The van der Waals surface area contributed by atoms with E-state index in [1.165, 1.54) is 6.07 Å². The first kappa shape index (κ1) is 17.5. The maximum Gasteiger partial charge on any atom is 0.330 e. The van der Waals surface area contributed by atoms with Gasteiger partial charge < -0.3 is 20.8 Å². The van der Waals surface area contributed by atoms with Crippen molar-refractivity contribution in [2.75, 3.05) is 18.4 Å². The number of para-hydroxylation sites is 1. The van der Waals surface area contributed by atoms with E-state index in [1.807, 2.05) is 24.3 Å². The van der Waals surface area contributed by atoms with Crippen molar-refractivity contribution in [1.82, 2.24) is 15.3 Å². The van der Waals surface area contributed by atoms with Crippen LogP contribution in [0.1, 0.15) is 6.42 Å². The Kier molecular flexibility index (Phi) is 4.33. The third-order valence-corrected chi connectivity index (χ3v) is 4.96. The molecule has 0 radical (unpaired) electrons. The van der Waals surface area contributed by atoms with Crippen molar-refractivity contribution >= 4 is 34.3 Å². The van der Waals surface area contributed by atoms with Gasteiger partial charge in [0.25, 0.3) is 0 Å². The summed E-state index contributed by atoms with van der Waals surface area (Å²) < 4.78 is 0. The molecule has 1 fully saturated rings. The molecule has 0 spiro atoms. The summed E-state index contributed by atoms with van der Waals surface area (Å²) in [6.45, 7) is 0.892. The van der Waals surface area contributed by atoms with Crippen LogP contribution in [0.4, 0.5) is 5.82 Å². The molecule has 1 unspecified atom stereocenters. The lowest BCUT2D eigenvalue weighted by Crippen LogP contribution is -2.48. The minimum Gasteiger partial charge on any atom is -0.507 e. The first-order valence-electron chi connectivity index (χ1n) is 8.46. The monoisotopic (exact) mass is 384 g/mol. The smallest absolute Gasteiger partial charge is 0.330 e. The quantitative estimate of drug-likeness (QED) is 0.547. The number of carboxylic acid groups (broad SMARTS) is 1. The second-order valence-electron chi connectivity index (χ2n) is 6.51. The van der Waals surface area contributed by atoms with Crippen molar-refractivity contribution < 1.29 is 15.0 Å². The minimum atomic E-state index is -1.15. The number of hydrogen-bond donors (Lipinski definition) is 4. The van der Waals surface area contributed by atoms with E-state index in [4.69, 9.17) is 11.6 Å². The van der Waals surface area contributed by atoms with Crippen LogP contribution >= 0.6 is 11.6 Å². The summed E-state index contributed by atoms with van der Waals surface area (Å²) in [6, 6.07) is 11.9. The topological polar surface area (TPSA) is 107 Å². The standard InChI is InChI=1S/C19H17ClN4O3/c20-11-5-6-15(25)13(9-11)16-22-14-4-2-1-3-12(14)17(23-16)24-19(18(26)27)7-8-21-10-19/h1-6,9,21,25H,7-8,10H2,(H,26,27)(H,22,23,24). The SMILES string of the molecule is O=C(O)C1(Nc2nc(-c3cc(Cl)ccc3O)nc3ccccc23)CCNC1. The Morgan fingerprint density at radius 3 is 2.78 bits per heavy atom. The number of halogens is 1. The maximum atomic E-state index is 11.9. The molecule has 1 aromatic heterocycles. The average molecular weight is 385 g/mol. The molecule has 27 heavy (non-hydrogen) atoms. The van der Waals surface area contributed by atoms with Gasteiger partial charge in [-0.1, -0.05) is 23.7 Å². The summed E-state index contributed by atoms with van der Waals surface area (Å²) in [6.07, 6.45) is 0.429. The zero-order chi connectivity index (χ0) is 19.0. The van der Waals surface area contributed by atoms with E-state index in [1.54, 1.807) is 12.1 Å². The molecule has 4 N–H and O–H groups in total. The molecule has 1 aliphatic rings. The summed E-state index contributed by atoms with van der Waals surface area (Å²) in [4.78, 5) is 21.0. The number of aromatic nitrogens is 2. The highest BCUT2D eigenvalue weighted by atomic mass is 35.5. The number of nitrogens with zero attached hydrogens (tertiary/aromatic N) is 2. The van der Waals surface area contributed by atoms with Crippen LogP contribution in [0.25, 0.3) is 22.3 Å². The summed E-state index contributed by atoms with van der Waals surface area (Å²) in [7, 11) is 0. The fourth-order valence-electron chi connectivity index (χ4n) is 3.24. The van der Waals surface area contributed by atoms with Crippen molar-refractivity contribution in [3.63, 3.8) is 0 Å². The zero-order valence-electron chi connectivity index (χ0n) is 14.2. The number of anilines is 1. The summed E-state index contributed by atoms with van der Waals surface area (Å²) in [5.41, 5.74) is -0.133. The van der Waals surface area contributed by atoms with Crippen LogP contribution in [0.15, 0.2) is 42.5 Å². The lowest BCUT2D eigenvalue weighted by Gasteiger charge is -2.26. The normalized spacial score (nSPS) is 19.3. The van der Waals surface area contributed by atoms with E-state index in [0.717, 1.165) is 0 Å². The molecular formula is C19H17ClN4O3. The lowest BCUT2D eigenvalue weighted by atomic mass is 9.98. The van der Waals surface area contributed by atoms with Crippen LogP contribution in [0, 0.1) is 0 Å². The second-order valence-corrected chi connectivity index (χ2v) is 6.95. The third kappa shape index (κ3) is 3.15. The van der Waals surface area contributed by atoms with Crippen LogP contribution < -0.4 is 10.6 Å². The van der Waals surface area contributed by atoms with Crippen molar-refractivity contribution in [3.8, 4) is 17.1 Å². The summed E-state index contributed by atoms with van der Waals surface area (Å²) in [5.74, 6) is -0.276. The van der Waals surface area contributed by atoms with Gasteiger partial charge in [0, 0.05) is 17.0 Å². The average Bonchev–Trinajstić information content (AvgIpc) is 3.13. The molecule has 138 valence electrons. The number of aliphatic carboxylic acids is 1. The minimum absolute atomic E-state index is 0.00360. The highest BCUT2D eigenvalue weighted by molar-refractivity contribution is 6.30. The van der Waals surface area contributed by atoms with E-state index < -0.39 is 11.5 Å². The van der Waals surface area contributed by atoms with Gasteiger partial charge in [-0.05, 0) is 43.3 Å². The first-order chi connectivity index (χ1) is 13.0. The maximum absolute atomic E-state index is 11.9. The number of nitrogens with one attached hydrogen (secondary N) is 2. The van der Waals surface area contributed by atoms with Crippen molar-refractivity contribution in [2.24, 2.45) is 0 Å². The first-order valence-corrected chi connectivity index (χ1v) is 8.84.